The summed E-state index contributed by atoms with van der Waals surface area (Å²) in [4.78, 5) is 16.9. The van der Waals surface area contributed by atoms with Crippen LogP contribution in [0.15, 0.2) is 75.3 Å². The summed E-state index contributed by atoms with van der Waals surface area (Å²) in [6.07, 6.45) is 1.23. The molecule has 1 aliphatic rings. The molecule has 0 amide bonds. The summed E-state index contributed by atoms with van der Waals surface area (Å²) in [7, 11) is -2.38. The van der Waals surface area contributed by atoms with Crippen LogP contribution in [-0.4, -0.2) is 41.7 Å². The van der Waals surface area contributed by atoms with E-state index in [9.17, 15) is 13.2 Å². The van der Waals surface area contributed by atoms with Crippen molar-refractivity contribution >= 4 is 21.9 Å². The van der Waals surface area contributed by atoms with Gasteiger partial charge in [0.1, 0.15) is 5.75 Å². The highest BCUT2D eigenvalue weighted by Gasteiger charge is 2.29. The molecule has 11 heteroatoms. The zero-order valence-electron chi connectivity index (χ0n) is 17.8. The Morgan fingerprint density at radius 3 is 2.52 bits per heavy atom. The number of rotatable bonds is 7. The Bertz CT molecular complexity index is 1310. The largest absolute Gasteiger partial charge is 0.497 e. The van der Waals surface area contributed by atoms with Gasteiger partial charge in [-0.1, -0.05) is 35.5 Å². The zero-order valence-corrected chi connectivity index (χ0v) is 18.7. The smallest absolute Gasteiger partial charge is 0.344 e. The van der Waals surface area contributed by atoms with E-state index in [1.54, 1.807) is 55.6 Å². The molecule has 0 spiro atoms. The van der Waals surface area contributed by atoms with Gasteiger partial charge in [-0.05, 0) is 36.8 Å². The first-order valence-corrected chi connectivity index (χ1v) is 11.2. The number of carbonyl (C=O) groups is 1. The number of hydrogen-bond donors (Lipinski definition) is 0. The van der Waals surface area contributed by atoms with Gasteiger partial charge < -0.3 is 14.0 Å². The first kappa shape index (κ1) is 22.2. The fraction of sp³-hybridized carbons (Fsp3) is 0.182. The third kappa shape index (κ3) is 5.09. The molecule has 0 saturated carbocycles. The number of nitrogens with zero attached hydrogens (tertiary/aromatic N) is 4. The molecule has 0 N–H and O–H groups in total. The highest BCUT2D eigenvalue weighted by molar-refractivity contribution is 7.88. The summed E-state index contributed by atoms with van der Waals surface area (Å²) >= 11 is 0. The number of esters is 1. The first-order chi connectivity index (χ1) is 15.9. The Kier molecular flexibility index (Phi) is 6.22. The Morgan fingerprint density at radius 2 is 1.82 bits per heavy atom. The molecule has 0 radical (unpaired) electrons. The maximum absolute atomic E-state index is 12.6. The quantitative estimate of drug-likeness (QED) is 0.485. The van der Waals surface area contributed by atoms with E-state index in [0.29, 0.717) is 17.1 Å². The fourth-order valence-corrected chi connectivity index (χ4v) is 4.15. The molecule has 1 aliphatic heterocycles. The SMILES string of the molecule is COc1ccc(-c2noc(COC(=O)C3=CN(Cc4ccccc4)S(=O)(=O)N=C3C)n2)cc1. The van der Waals surface area contributed by atoms with E-state index in [1.165, 1.54) is 13.1 Å². The molecule has 10 nitrogen and oxygen atoms in total. The first-order valence-electron chi connectivity index (χ1n) is 9.84. The molecule has 0 bridgehead atoms. The van der Waals surface area contributed by atoms with Crippen molar-refractivity contribution in [1.29, 1.82) is 0 Å². The van der Waals surface area contributed by atoms with Crippen molar-refractivity contribution in [2.24, 2.45) is 4.40 Å². The van der Waals surface area contributed by atoms with Gasteiger partial charge in [-0.25, -0.2) is 4.79 Å². The van der Waals surface area contributed by atoms with Gasteiger partial charge in [-0.3, -0.25) is 4.31 Å². The lowest BCUT2D eigenvalue weighted by Crippen LogP contribution is -2.31. The van der Waals surface area contributed by atoms with Crippen LogP contribution in [0.4, 0.5) is 0 Å². The predicted molar refractivity (Wildman–Crippen MR) is 118 cm³/mol. The lowest BCUT2D eigenvalue weighted by atomic mass is 10.2. The summed E-state index contributed by atoms with van der Waals surface area (Å²) in [5.41, 5.74) is 1.51. The number of ether oxygens (including phenoxy) is 2. The minimum Gasteiger partial charge on any atom is -0.497 e. The van der Waals surface area contributed by atoms with Gasteiger partial charge in [0, 0.05) is 11.8 Å². The Morgan fingerprint density at radius 1 is 1.09 bits per heavy atom. The topological polar surface area (TPSA) is 124 Å². The van der Waals surface area contributed by atoms with Crippen LogP contribution >= 0.6 is 0 Å². The average molecular weight is 468 g/mol. The molecule has 0 aliphatic carbocycles. The second-order valence-corrected chi connectivity index (χ2v) is 8.59. The minimum absolute atomic E-state index is 0.0237. The fourth-order valence-electron chi connectivity index (χ4n) is 3.05. The van der Waals surface area contributed by atoms with Crippen LogP contribution in [0.1, 0.15) is 18.4 Å². The number of carbonyl (C=O) groups excluding carboxylic acids is 1. The number of methoxy groups -OCH3 is 1. The van der Waals surface area contributed by atoms with E-state index in [4.69, 9.17) is 14.0 Å². The van der Waals surface area contributed by atoms with Gasteiger partial charge in [0.15, 0.2) is 6.61 Å². The molecule has 1 aromatic heterocycles. The molecule has 0 unspecified atom stereocenters. The zero-order chi connectivity index (χ0) is 23.4. The maximum Gasteiger partial charge on any atom is 0.344 e. The standard InChI is InChI=1S/C22H20N4O6S/c1-15-19(13-26(33(28,29)25-15)12-16-6-4-3-5-7-16)22(27)31-14-20-23-21(24-32-20)17-8-10-18(30-2)11-9-17/h3-11,13H,12,14H2,1-2H3. The van der Waals surface area contributed by atoms with Crippen LogP contribution in [0, 0.1) is 0 Å². The summed E-state index contributed by atoms with van der Waals surface area (Å²) in [6.45, 7) is 1.18. The summed E-state index contributed by atoms with van der Waals surface area (Å²) in [5.74, 6) is 0.360. The van der Waals surface area contributed by atoms with Crippen LogP contribution in [0.5, 0.6) is 5.75 Å². The molecule has 2 aromatic carbocycles. The van der Waals surface area contributed by atoms with Crippen molar-refractivity contribution in [3.8, 4) is 17.1 Å². The summed E-state index contributed by atoms with van der Waals surface area (Å²) in [6, 6.07) is 16.0. The maximum atomic E-state index is 12.6. The van der Waals surface area contributed by atoms with E-state index in [-0.39, 0.29) is 30.3 Å². The molecule has 0 atom stereocenters. The van der Waals surface area contributed by atoms with Crippen LogP contribution in [-0.2, 0) is 32.9 Å². The van der Waals surface area contributed by atoms with Crippen LogP contribution < -0.4 is 4.74 Å². The Hall–Kier alpha value is -3.99. The second kappa shape index (κ2) is 9.25. The van der Waals surface area contributed by atoms with Gasteiger partial charge in [0.25, 0.3) is 5.89 Å². The number of hydrogen-bond acceptors (Lipinski definition) is 8. The predicted octanol–water partition coefficient (Wildman–Crippen LogP) is 2.89. The molecule has 2 heterocycles. The second-order valence-electron chi connectivity index (χ2n) is 7.04. The number of aromatic nitrogens is 2. The van der Waals surface area contributed by atoms with Crippen molar-refractivity contribution in [3.05, 3.63) is 77.8 Å². The third-order valence-electron chi connectivity index (χ3n) is 4.76. The van der Waals surface area contributed by atoms with Gasteiger partial charge in [0.05, 0.1) is 24.9 Å². The summed E-state index contributed by atoms with van der Waals surface area (Å²) in [5, 5.41) is 3.88. The van der Waals surface area contributed by atoms with E-state index in [2.05, 4.69) is 14.5 Å². The van der Waals surface area contributed by atoms with E-state index >= 15 is 0 Å². The molecule has 3 aromatic rings. The lowest BCUT2D eigenvalue weighted by molar-refractivity contribution is -0.140. The van der Waals surface area contributed by atoms with Crippen molar-refractivity contribution in [3.63, 3.8) is 0 Å². The van der Waals surface area contributed by atoms with Gasteiger partial charge in [-0.15, -0.1) is 4.40 Å². The van der Waals surface area contributed by atoms with Crippen LogP contribution in [0.3, 0.4) is 0 Å². The summed E-state index contributed by atoms with van der Waals surface area (Å²) < 4.78 is 45.1. The molecular weight excluding hydrogens is 448 g/mol. The lowest BCUT2D eigenvalue weighted by Gasteiger charge is -2.23. The molecule has 4 rings (SSSR count). The van der Waals surface area contributed by atoms with Crippen molar-refractivity contribution < 1.29 is 27.2 Å². The van der Waals surface area contributed by atoms with E-state index < -0.39 is 16.2 Å². The highest BCUT2D eigenvalue weighted by Crippen LogP contribution is 2.22. The molecular formula is C22H20N4O6S. The van der Waals surface area contributed by atoms with Gasteiger partial charge in [0.2, 0.25) is 5.82 Å². The Labute approximate surface area is 190 Å². The van der Waals surface area contributed by atoms with Gasteiger partial charge >= 0.3 is 16.2 Å². The monoisotopic (exact) mass is 468 g/mol. The average Bonchev–Trinajstić information content (AvgIpc) is 3.29. The minimum atomic E-state index is -3.95. The van der Waals surface area contributed by atoms with Crippen molar-refractivity contribution in [2.45, 2.75) is 20.1 Å². The molecule has 33 heavy (non-hydrogen) atoms. The van der Waals surface area contributed by atoms with E-state index in [1.807, 2.05) is 6.07 Å². The Balaban J connectivity index is 1.45. The molecule has 170 valence electrons. The van der Waals surface area contributed by atoms with E-state index in [0.717, 1.165) is 9.87 Å². The van der Waals surface area contributed by atoms with Crippen LogP contribution in [0.25, 0.3) is 11.4 Å². The normalized spacial score (nSPS) is 14.9. The van der Waals surface area contributed by atoms with Crippen molar-refractivity contribution in [1.82, 2.24) is 14.4 Å². The van der Waals surface area contributed by atoms with Crippen LogP contribution in [0.2, 0.25) is 0 Å². The molecule has 0 saturated heterocycles. The van der Waals surface area contributed by atoms with Crippen molar-refractivity contribution in [2.75, 3.05) is 7.11 Å². The third-order valence-corrected chi connectivity index (χ3v) is 6.09. The molecule has 0 fully saturated rings. The highest BCUT2D eigenvalue weighted by atomic mass is 32.2. The number of benzene rings is 2. The van der Waals surface area contributed by atoms with Gasteiger partial charge in [-0.2, -0.15) is 13.4 Å².